The molecule has 0 aliphatic carbocycles. The van der Waals surface area contributed by atoms with Gasteiger partial charge in [0.25, 0.3) is 0 Å². The van der Waals surface area contributed by atoms with Crippen LogP contribution in [0.5, 0.6) is 0 Å². The highest BCUT2D eigenvalue weighted by Gasteiger charge is 2.40. The molecule has 110 valence electrons. The van der Waals surface area contributed by atoms with Gasteiger partial charge in [-0.15, -0.1) is 0 Å². The van der Waals surface area contributed by atoms with Gasteiger partial charge in [-0.2, -0.15) is 4.31 Å². The molecule has 0 aromatic heterocycles. The van der Waals surface area contributed by atoms with E-state index in [-0.39, 0.29) is 17.9 Å². The van der Waals surface area contributed by atoms with E-state index in [2.05, 4.69) is 4.90 Å². The Morgan fingerprint density at radius 3 is 2.79 bits per heavy atom. The van der Waals surface area contributed by atoms with Crippen LogP contribution in [0.4, 0.5) is 0 Å². The zero-order chi connectivity index (χ0) is 13.5. The van der Waals surface area contributed by atoms with Crippen LogP contribution in [0, 0.1) is 0 Å². The molecule has 19 heavy (non-hydrogen) atoms. The summed E-state index contributed by atoms with van der Waals surface area (Å²) >= 11 is 0. The average molecular weight is 288 g/mol. The second-order valence-corrected chi connectivity index (χ2v) is 8.09. The van der Waals surface area contributed by atoms with Crippen molar-refractivity contribution in [3.8, 4) is 0 Å². The van der Waals surface area contributed by atoms with Gasteiger partial charge in [-0.05, 0) is 39.2 Å². The van der Waals surface area contributed by atoms with Crippen LogP contribution in [0.2, 0.25) is 0 Å². The highest BCUT2D eigenvalue weighted by Crippen LogP contribution is 2.27. The fraction of sp³-hybridized carbons (Fsp3) is 1.00. The van der Waals surface area contributed by atoms with Crippen LogP contribution in [-0.2, 0) is 14.8 Å². The average Bonchev–Trinajstić information content (AvgIpc) is 2.97. The van der Waals surface area contributed by atoms with Crippen molar-refractivity contribution in [2.24, 2.45) is 0 Å². The van der Waals surface area contributed by atoms with Crippen molar-refractivity contribution in [2.75, 3.05) is 32.0 Å². The maximum absolute atomic E-state index is 12.6. The van der Waals surface area contributed by atoms with Crippen molar-refractivity contribution in [1.82, 2.24) is 9.21 Å². The largest absolute Gasteiger partial charge is 0.377 e. The smallest absolute Gasteiger partial charge is 0.217 e. The number of piperazine rings is 1. The molecule has 0 aromatic carbocycles. The van der Waals surface area contributed by atoms with Crippen molar-refractivity contribution in [3.63, 3.8) is 0 Å². The summed E-state index contributed by atoms with van der Waals surface area (Å²) in [5.41, 5.74) is 0. The highest BCUT2D eigenvalue weighted by molar-refractivity contribution is 7.89. The van der Waals surface area contributed by atoms with Gasteiger partial charge in [0.05, 0.1) is 11.9 Å². The summed E-state index contributed by atoms with van der Waals surface area (Å²) in [6.45, 7) is 5.44. The maximum Gasteiger partial charge on any atom is 0.217 e. The summed E-state index contributed by atoms with van der Waals surface area (Å²) in [6.07, 6.45) is 4.14. The first-order valence-electron chi connectivity index (χ1n) is 7.41. The van der Waals surface area contributed by atoms with E-state index in [1.807, 2.05) is 6.92 Å². The summed E-state index contributed by atoms with van der Waals surface area (Å²) in [6, 6.07) is 0.538. The molecule has 0 aromatic rings. The van der Waals surface area contributed by atoms with Gasteiger partial charge in [-0.25, -0.2) is 8.42 Å². The van der Waals surface area contributed by atoms with Crippen LogP contribution in [0.3, 0.4) is 0 Å². The molecule has 3 saturated heterocycles. The number of hydrogen-bond acceptors (Lipinski definition) is 4. The lowest BCUT2D eigenvalue weighted by atomic mass is 10.1. The van der Waals surface area contributed by atoms with Crippen molar-refractivity contribution in [3.05, 3.63) is 0 Å². The van der Waals surface area contributed by atoms with Gasteiger partial charge in [-0.1, -0.05) is 0 Å². The molecule has 0 amide bonds. The number of hydrogen-bond donors (Lipinski definition) is 0. The molecular formula is C13H24N2O3S. The number of ether oxygens (including phenoxy) is 1. The zero-order valence-electron chi connectivity index (χ0n) is 11.6. The SMILES string of the molecule is C[C@@H]1CN2CCC[C@@H]2CN1S(=O)(=O)C[C@H]1CCCO1. The zero-order valence-corrected chi connectivity index (χ0v) is 12.4. The Bertz CT molecular complexity index is 420. The van der Waals surface area contributed by atoms with Gasteiger partial charge < -0.3 is 4.74 Å². The summed E-state index contributed by atoms with van der Waals surface area (Å²) < 4.78 is 32.4. The first kappa shape index (κ1) is 13.8. The van der Waals surface area contributed by atoms with Gasteiger partial charge in [0.1, 0.15) is 0 Å². The molecule has 3 fully saturated rings. The third-order valence-corrected chi connectivity index (χ3v) is 6.67. The quantitative estimate of drug-likeness (QED) is 0.766. The Labute approximate surface area is 115 Å². The second-order valence-electron chi connectivity index (χ2n) is 6.12. The van der Waals surface area contributed by atoms with Crippen LogP contribution in [0.15, 0.2) is 0 Å². The van der Waals surface area contributed by atoms with Gasteiger partial charge in [0.15, 0.2) is 0 Å². The van der Waals surface area contributed by atoms with Crippen molar-refractivity contribution in [1.29, 1.82) is 0 Å². The van der Waals surface area contributed by atoms with E-state index >= 15 is 0 Å². The Balaban J connectivity index is 1.69. The standard InChI is InChI=1S/C13H24N2O3S/c1-11-8-14-6-2-4-12(14)9-15(11)19(16,17)10-13-5-3-7-18-13/h11-13H,2-10H2,1H3/t11-,12-,13-/m1/s1. The number of rotatable bonds is 3. The molecule has 0 spiro atoms. The molecule has 3 aliphatic heterocycles. The van der Waals surface area contributed by atoms with E-state index in [1.54, 1.807) is 4.31 Å². The van der Waals surface area contributed by atoms with Crippen molar-refractivity contribution >= 4 is 10.0 Å². The van der Waals surface area contributed by atoms with Gasteiger partial charge >= 0.3 is 0 Å². The van der Waals surface area contributed by atoms with Gasteiger partial charge in [0, 0.05) is 31.8 Å². The Morgan fingerprint density at radius 2 is 2.05 bits per heavy atom. The van der Waals surface area contributed by atoms with E-state index in [1.165, 1.54) is 6.42 Å². The fourth-order valence-electron chi connectivity index (χ4n) is 3.65. The van der Waals surface area contributed by atoms with Crippen molar-refractivity contribution < 1.29 is 13.2 Å². The Hall–Kier alpha value is -0.170. The lowest BCUT2D eigenvalue weighted by molar-refractivity contribution is 0.109. The van der Waals surface area contributed by atoms with Crippen LogP contribution in [0.1, 0.15) is 32.6 Å². The van der Waals surface area contributed by atoms with Gasteiger partial charge in [0.2, 0.25) is 10.0 Å². The molecule has 3 heterocycles. The second kappa shape index (κ2) is 5.31. The third-order valence-electron chi connectivity index (χ3n) is 4.66. The minimum atomic E-state index is -3.17. The minimum absolute atomic E-state index is 0.0844. The predicted octanol–water partition coefficient (Wildman–Crippen LogP) is 0.664. The Kier molecular flexibility index (Phi) is 3.86. The molecule has 6 heteroatoms. The number of sulfonamides is 1. The van der Waals surface area contributed by atoms with E-state index in [0.29, 0.717) is 19.2 Å². The van der Waals surface area contributed by atoms with E-state index in [0.717, 1.165) is 32.4 Å². The first-order chi connectivity index (χ1) is 9.06. The summed E-state index contributed by atoms with van der Waals surface area (Å²) in [7, 11) is -3.17. The molecule has 3 aliphatic rings. The van der Waals surface area contributed by atoms with Crippen LogP contribution < -0.4 is 0 Å². The normalized spacial score (nSPS) is 37.6. The molecule has 0 N–H and O–H groups in total. The molecule has 0 radical (unpaired) electrons. The van der Waals surface area contributed by atoms with E-state index < -0.39 is 10.0 Å². The summed E-state index contributed by atoms with van der Waals surface area (Å²) in [5, 5.41) is 0. The topological polar surface area (TPSA) is 49.9 Å². The fourth-order valence-corrected chi connectivity index (χ4v) is 5.59. The third kappa shape index (κ3) is 2.82. The van der Waals surface area contributed by atoms with E-state index in [4.69, 9.17) is 4.74 Å². The molecule has 0 unspecified atom stereocenters. The van der Waals surface area contributed by atoms with Gasteiger partial charge in [-0.3, -0.25) is 4.90 Å². The van der Waals surface area contributed by atoms with Crippen LogP contribution in [-0.4, -0.2) is 67.8 Å². The minimum Gasteiger partial charge on any atom is -0.377 e. The van der Waals surface area contributed by atoms with Crippen LogP contribution in [0.25, 0.3) is 0 Å². The predicted molar refractivity (Wildman–Crippen MR) is 73.5 cm³/mol. The molecule has 0 bridgehead atoms. The summed E-state index contributed by atoms with van der Waals surface area (Å²) in [5.74, 6) is 0.171. The molecule has 5 nitrogen and oxygen atoms in total. The molecular weight excluding hydrogens is 264 g/mol. The maximum atomic E-state index is 12.6. The van der Waals surface area contributed by atoms with Crippen molar-refractivity contribution in [2.45, 2.75) is 50.8 Å². The molecule has 0 saturated carbocycles. The number of fused-ring (bicyclic) bond motifs is 1. The number of nitrogens with zero attached hydrogens (tertiary/aromatic N) is 2. The van der Waals surface area contributed by atoms with Crippen LogP contribution >= 0.6 is 0 Å². The lowest BCUT2D eigenvalue weighted by Gasteiger charge is -2.41. The molecule has 3 rings (SSSR count). The summed E-state index contributed by atoms with van der Waals surface area (Å²) in [4.78, 5) is 2.45. The monoisotopic (exact) mass is 288 g/mol. The molecule has 3 atom stereocenters. The highest BCUT2D eigenvalue weighted by atomic mass is 32.2. The first-order valence-corrected chi connectivity index (χ1v) is 9.02. The lowest BCUT2D eigenvalue weighted by Crippen LogP contribution is -2.57. The Morgan fingerprint density at radius 1 is 1.21 bits per heavy atom. The van der Waals surface area contributed by atoms with E-state index in [9.17, 15) is 8.42 Å².